The van der Waals surface area contributed by atoms with E-state index >= 15 is 0 Å². The highest BCUT2D eigenvalue weighted by Crippen LogP contribution is 1.88. The number of carbonyl (C=O) groups is 3. The van der Waals surface area contributed by atoms with Crippen LogP contribution in [0.15, 0.2) is 37.5 Å². The summed E-state index contributed by atoms with van der Waals surface area (Å²) < 4.78 is 13.4. The summed E-state index contributed by atoms with van der Waals surface area (Å²) in [4.78, 5) is 30.6. The zero-order valence-electron chi connectivity index (χ0n) is 14.6. The summed E-state index contributed by atoms with van der Waals surface area (Å²) in [6.07, 6.45) is 4.29. The highest BCUT2D eigenvalue weighted by atomic mass is 16.5. The molecule has 0 fully saturated rings. The first-order chi connectivity index (χ1) is 10.8. The molecule has 23 heavy (non-hydrogen) atoms. The van der Waals surface area contributed by atoms with E-state index in [9.17, 15) is 14.4 Å². The van der Waals surface area contributed by atoms with Gasteiger partial charge in [-0.05, 0) is 20.3 Å². The Kier molecular flexibility index (Phi) is 21.8. The van der Waals surface area contributed by atoms with E-state index in [1.165, 1.54) is 13.2 Å². The van der Waals surface area contributed by atoms with Gasteiger partial charge < -0.3 is 14.2 Å². The van der Waals surface area contributed by atoms with Crippen molar-refractivity contribution in [3.05, 3.63) is 37.5 Å². The van der Waals surface area contributed by atoms with Crippen LogP contribution < -0.4 is 0 Å². The summed E-state index contributed by atoms with van der Waals surface area (Å²) in [5, 5.41) is 0. The van der Waals surface area contributed by atoms with Crippen LogP contribution >= 0.6 is 0 Å². The lowest BCUT2D eigenvalue weighted by molar-refractivity contribution is -0.138. The average Bonchev–Trinajstić information content (AvgIpc) is 2.55. The fraction of sp³-hybridized carbons (Fsp3) is 0.471. The van der Waals surface area contributed by atoms with Crippen molar-refractivity contribution in [2.45, 2.75) is 33.6 Å². The van der Waals surface area contributed by atoms with E-state index < -0.39 is 0 Å². The molecule has 0 aromatic rings. The van der Waals surface area contributed by atoms with Crippen molar-refractivity contribution >= 4 is 17.9 Å². The molecular formula is C17H28O6. The molecule has 0 heterocycles. The SMILES string of the molecule is C=C(C)C(=O)OC.C=CC(=O)OCC.C=CC(=O)OCCCC. The van der Waals surface area contributed by atoms with E-state index in [1.807, 2.05) is 6.92 Å². The van der Waals surface area contributed by atoms with Gasteiger partial charge in [-0.2, -0.15) is 0 Å². The molecule has 0 atom stereocenters. The maximum atomic E-state index is 10.3. The molecule has 0 spiro atoms. The summed E-state index contributed by atoms with van der Waals surface area (Å²) in [7, 11) is 1.33. The Morgan fingerprint density at radius 2 is 1.48 bits per heavy atom. The first-order valence-corrected chi connectivity index (χ1v) is 7.12. The minimum absolute atomic E-state index is 0.330. The Hall–Kier alpha value is -2.37. The summed E-state index contributed by atoms with van der Waals surface area (Å²) in [6, 6.07) is 0. The lowest BCUT2D eigenvalue weighted by atomic mass is 10.4. The van der Waals surface area contributed by atoms with E-state index in [4.69, 9.17) is 0 Å². The molecule has 0 bridgehead atoms. The summed E-state index contributed by atoms with van der Waals surface area (Å²) in [5.74, 6) is -1.04. The van der Waals surface area contributed by atoms with E-state index in [1.54, 1.807) is 13.8 Å². The fourth-order valence-electron chi connectivity index (χ4n) is 0.751. The van der Waals surface area contributed by atoms with Crippen LogP contribution in [-0.2, 0) is 28.6 Å². The van der Waals surface area contributed by atoms with Gasteiger partial charge in [0.15, 0.2) is 0 Å². The predicted octanol–water partition coefficient (Wildman–Crippen LogP) is 2.99. The van der Waals surface area contributed by atoms with Gasteiger partial charge in [0, 0.05) is 17.7 Å². The molecule has 0 aliphatic rings. The molecular weight excluding hydrogens is 300 g/mol. The molecule has 0 aromatic carbocycles. The highest BCUT2D eigenvalue weighted by molar-refractivity contribution is 5.86. The van der Waals surface area contributed by atoms with Crippen LogP contribution in [0.5, 0.6) is 0 Å². The van der Waals surface area contributed by atoms with Gasteiger partial charge in [0.2, 0.25) is 0 Å². The van der Waals surface area contributed by atoms with Gasteiger partial charge in [-0.15, -0.1) is 0 Å². The van der Waals surface area contributed by atoms with E-state index in [2.05, 4.69) is 33.9 Å². The van der Waals surface area contributed by atoms with Crippen molar-refractivity contribution < 1.29 is 28.6 Å². The van der Waals surface area contributed by atoms with Gasteiger partial charge in [0.05, 0.1) is 20.3 Å². The van der Waals surface area contributed by atoms with E-state index in [0.29, 0.717) is 18.8 Å². The lowest BCUT2D eigenvalue weighted by Crippen LogP contribution is -2.00. The quantitative estimate of drug-likeness (QED) is 0.309. The number of ether oxygens (including phenoxy) is 3. The van der Waals surface area contributed by atoms with Crippen LogP contribution in [0.25, 0.3) is 0 Å². The monoisotopic (exact) mass is 328 g/mol. The molecule has 0 saturated heterocycles. The molecule has 0 rings (SSSR count). The second-order valence-corrected chi connectivity index (χ2v) is 3.95. The number of esters is 3. The van der Waals surface area contributed by atoms with Gasteiger partial charge in [-0.3, -0.25) is 0 Å². The van der Waals surface area contributed by atoms with Gasteiger partial charge in [0.1, 0.15) is 0 Å². The van der Waals surface area contributed by atoms with Crippen LogP contribution in [0.2, 0.25) is 0 Å². The number of unbranched alkanes of at least 4 members (excludes halogenated alkanes) is 1. The number of carbonyl (C=O) groups excluding carboxylic acids is 3. The molecule has 0 aromatic heterocycles. The maximum Gasteiger partial charge on any atom is 0.332 e. The second-order valence-electron chi connectivity index (χ2n) is 3.95. The molecule has 0 unspecified atom stereocenters. The Bertz CT molecular complexity index is 383. The Morgan fingerprint density at radius 1 is 1.00 bits per heavy atom. The zero-order valence-corrected chi connectivity index (χ0v) is 14.6. The van der Waals surface area contributed by atoms with Crippen LogP contribution in [0.3, 0.4) is 0 Å². The second kappa shape index (κ2) is 19.6. The Balaban J connectivity index is -0.000000264. The molecule has 0 N–H and O–H groups in total. The lowest BCUT2D eigenvalue weighted by Gasteiger charge is -1.97. The summed E-state index contributed by atoms with van der Waals surface area (Å²) >= 11 is 0. The number of hydrogen-bond donors (Lipinski definition) is 0. The third kappa shape index (κ3) is 25.0. The minimum atomic E-state index is -0.359. The molecule has 0 amide bonds. The third-order valence-corrected chi connectivity index (χ3v) is 1.90. The molecule has 0 radical (unpaired) electrons. The smallest absolute Gasteiger partial charge is 0.332 e. The van der Waals surface area contributed by atoms with Crippen molar-refractivity contribution in [2.75, 3.05) is 20.3 Å². The van der Waals surface area contributed by atoms with Crippen molar-refractivity contribution in [2.24, 2.45) is 0 Å². The van der Waals surface area contributed by atoms with E-state index in [0.717, 1.165) is 18.9 Å². The largest absolute Gasteiger partial charge is 0.466 e. The first-order valence-electron chi connectivity index (χ1n) is 7.12. The van der Waals surface area contributed by atoms with Gasteiger partial charge in [-0.1, -0.05) is 33.1 Å². The van der Waals surface area contributed by atoms with Crippen LogP contribution in [0.4, 0.5) is 0 Å². The van der Waals surface area contributed by atoms with E-state index in [-0.39, 0.29) is 17.9 Å². The first kappa shape index (κ1) is 25.6. The van der Waals surface area contributed by atoms with Crippen LogP contribution in [0, 0.1) is 0 Å². The molecule has 0 saturated carbocycles. The van der Waals surface area contributed by atoms with Crippen molar-refractivity contribution in [3.8, 4) is 0 Å². The standard InChI is InChI=1S/C7H12O2.2C5H8O2/c1-3-5-6-9-7(8)4-2;1-4(2)5(6)7-3;1-3-5(6)7-4-2/h4H,2-3,5-6H2,1H3;1H2,2-3H3;3H,1,4H2,2H3. The van der Waals surface area contributed by atoms with Gasteiger partial charge >= 0.3 is 17.9 Å². The van der Waals surface area contributed by atoms with Crippen molar-refractivity contribution in [1.82, 2.24) is 0 Å². The fourth-order valence-corrected chi connectivity index (χ4v) is 0.751. The highest BCUT2D eigenvalue weighted by Gasteiger charge is 1.95. The average molecular weight is 328 g/mol. The summed E-state index contributed by atoms with van der Waals surface area (Å²) in [5.41, 5.74) is 0.433. The third-order valence-electron chi connectivity index (χ3n) is 1.90. The van der Waals surface area contributed by atoms with Crippen molar-refractivity contribution in [1.29, 1.82) is 0 Å². The zero-order chi connectivity index (χ0) is 18.7. The minimum Gasteiger partial charge on any atom is -0.466 e. The van der Waals surface area contributed by atoms with Gasteiger partial charge in [-0.25, -0.2) is 14.4 Å². The molecule has 0 aliphatic carbocycles. The number of methoxy groups -OCH3 is 1. The number of hydrogen-bond acceptors (Lipinski definition) is 6. The normalized spacial score (nSPS) is 8.00. The predicted molar refractivity (Wildman–Crippen MR) is 89.7 cm³/mol. The van der Waals surface area contributed by atoms with Crippen LogP contribution in [-0.4, -0.2) is 38.2 Å². The molecule has 0 aliphatic heterocycles. The molecule has 6 heteroatoms. The topological polar surface area (TPSA) is 78.9 Å². The Morgan fingerprint density at radius 3 is 1.70 bits per heavy atom. The van der Waals surface area contributed by atoms with Crippen molar-refractivity contribution in [3.63, 3.8) is 0 Å². The number of rotatable bonds is 7. The molecule has 6 nitrogen and oxygen atoms in total. The maximum absolute atomic E-state index is 10.3. The summed E-state index contributed by atoms with van der Waals surface area (Å²) in [6.45, 7) is 16.2. The molecule has 132 valence electrons. The Labute approximate surface area is 138 Å². The van der Waals surface area contributed by atoms with Gasteiger partial charge in [0.25, 0.3) is 0 Å². The van der Waals surface area contributed by atoms with Crippen LogP contribution in [0.1, 0.15) is 33.6 Å².